The van der Waals surface area contributed by atoms with Crippen LogP contribution in [0.2, 0.25) is 0 Å². The van der Waals surface area contributed by atoms with Gasteiger partial charge in [-0.05, 0) is 32.9 Å². The first-order valence-electron chi connectivity index (χ1n) is 4.93. The zero-order valence-corrected chi connectivity index (χ0v) is 8.18. The summed E-state index contributed by atoms with van der Waals surface area (Å²) in [5.74, 6) is 0.545. The van der Waals surface area contributed by atoms with Gasteiger partial charge in [0.25, 0.3) is 0 Å². The van der Waals surface area contributed by atoms with Crippen molar-refractivity contribution in [1.29, 1.82) is 0 Å². The zero-order valence-electron chi connectivity index (χ0n) is 8.18. The number of hydrogen-bond donors (Lipinski definition) is 0. The largest absolute Gasteiger partial charge is 0.303 e. The van der Waals surface area contributed by atoms with Crippen LogP contribution < -0.4 is 0 Å². The van der Waals surface area contributed by atoms with Crippen LogP contribution >= 0.6 is 0 Å². The van der Waals surface area contributed by atoms with Gasteiger partial charge in [-0.1, -0.05) is 13.3 Å². The lowest BCUT2D eigenvalue weighted by Crippen LogP contribution is -2.35. The van der Waals surface area contributed by atoms with Crippen molar-refractivity contribution in [2.45, 2.75) is 33.1 Å². The van der Waals surface area contributed by atoms with E-state index in [1.165, 1.54) is 32.4 Å². The van der Waals surface area contributed by atoms with E-state index in [1.54, 1.807) is 6.92 Å². The van der Waals surface area contributed by atoms with Gasteiger partial charge in [0.1, 0.15) is 5.78 Å². The molecule has 2 heteroatoms. The number of ketones is 1. The molecule has 0 bridgehead atoms. The lowest BCUT2D eigenvalue weighted by atomic mass is 10.1. The van der Waals surface area contributed by atoms with Gasteiger partial charge in [-0.3, -0.25) is 4.79 Å². The van der Waals surface area contributed by atoms with Gasteiger partial charge in [-0.15, -0.1) is 0 Å². The maximum Gasteiger partial charge on any atom is 0.133 e. The fourth-order valence-corrected chi connectivity index (χ4v) is 1.66. The van der Waals surface area contributed by atoms with E-state index in [2.05, 4.69) is 4.90 Å². The molecule has 12 heavy (non-hydrogen) atoms. The molecule has 0 aromatic carbocycles. The Hall–Kier alpha value is -0.370. The molecule has 0 amide bonds. The maximum absolute atomic E-state index is 11.0. The van der Waals surface area contributed by atoms with Gasteiger partial charge in [-0.2, -0.15) is 0 Å². The minimum Gasteiger partial charge on any atom is -0.303 e. The predicted octanol–water partition coefficient (Wildman–Crippen LogP) is 1.70. The lowest BCUT2D eigenvalue weighted by Gasteiger charge is -2.28. The molecule has 1 rings (SSSR count). The van der Waals surface area contributed by atoms with Gasteiger partial charge in [0, 0.05) is 12.5 Å². The van der Waals surface area contributed by atoms with E-state index >= 15 is 0 Å². The van der Waals surface area contributed by atoms with Crippen molar-refractivity contribution in [3.8, 4) is 0 Å². The molecule has 1 atom stereocenters. The summed E-state index contributed by atoms with van der Waals surface area (Å²) in [5, 5.41) is 0. The molecule has 1 heterocycles. The molecule has 1 aliphatic heterocycles. The van der Waals surface area contributed by atoms with Crippen molar-refractivity contribution in [3.05, 3.63) is 0 Å². The first-order valence-corrected chi connectivity index (χ1v) is 4.93. The summed E-state index contributed by atoms with van der Waals surface area (Å²) in [5.41, 5.74) is 0. The molecule has 0 aliphatic carbocycles. The van der Waals surface area contributed by atoms with Gasteiger partial charge in [0.05, 0.1) is 0 Å². The minimum absolute atomic E-state index is 0.225. The van der Waals surface area contributed by atoms with Gasteiger partial charge in [0.2, 0.25) is 0 Å². The van der Waals surface area contributed by atoms with Gasteiger partial charge >= 0.3 is 0 Å². The highest BCUT2D eigenvalue weighted by Gasteiger charge is 2.15. The number of hydrogen-bond acceptors (Lipinski definition) is 2. The van der Waals surface area contributed by atoms with E-state index < -0.39 is 0 Å². The fourth-order valence-electron chi connectivity index (χ4n) is 1.66. The fraction of sp³-hybridized carbons (Fsp3) is 0.900. The maximum atomic E-state index is 11.0. The number of carbonyl (C=O) groups excluding carboxylic acids is 1. The molecular formula is C10H19NO. The average molecular weight is 169 g/mol. The summed E-state index contributed by atoms with van der Waals surface area (Å²) in [7, 11) is 0. The van der Waals surface area contributed by atoms with Crippen LogP contribution in [0.3, 0.4) is 0 Å². The van der Waals surface area contributed by atoms with Crippen molar-refractivity contribution in [3.63, 3.8) is 0 Å². The van der Waals surface area contributed by atoms with Crippen LogP contribution in [0.1, 0.15) is 33.1 Å². The van der Waals surface area contributed by atoms with Gasteiger partial charge in [0.15, 0.2) is 0 Å². The SMILES string of the molecule is CC(=O)[C@@H](C)CN1CCCCC1. The van der Waals surface area contributed by atoms with E-state index in [0.29, 0.717) is 5.78 Å². The predicted molar refractivity (Wildman–Crippen MR) is 50.1 cm³/mol. The summed E-state index contributed by atoms with van der Waals surface area (Å²) < 4.78 is 0. The Labute approximate surface area is 74.9 Å². The standard InChI is InChI=1S/C10H19NO/c1-9(10(2)12)8-11-6-4-3-5-7-11/h9H,3-8H2,1-2H3/t9-/m0/s1. The van der Waals surface area contributed by atoms with Crippen LogP contribution in [0.4, 0.5) is 0 Å². The Kier molecular flexibility index (Phi) is 3.73. The molecular weight excluding hydrogens is 150 g/mol. The molecule has 0 aromatic heterocycles. The van der Waals surface area contributed by atoms with Crippen LogP contribution in [0.15, 0.2) is 0 Å². The summed E-state index contributed by atoms with van der Waals surface area (Å²) in [4.78, 5) is 13.4. The number of rotatable bonds is 3. The van der Waals surface area contributed by atoms with Crippen molar-refractivity contribution in [2.75, 3.05) is 19.6 Å². The number of piperidine rings is 1. The van der Waals surface area contributed by atoms with E-state index in [1.807, 2.05) is 6.92 Å². The average Bonchev–Trinajstić information content (AvgIpc) is 2.06. The van der Waals surface area contributed by atoms with Crippen LogP contribution in [-0.4, -0.2) is 30.3 Å². The quantitative estimate of drug-likeness (QED) is 0.641. The minimum atomic E-state index is 0.225. The highest BCUT2D eigenvalue weighted by Crippen LogP contribution is 2.10. The van der Waals surface area contributed by atoms with E-state index in [9.17, 15) is 4.79 Å². The summed E-state index contributed by atoms with van der Waals surface area (Å²) in [6.07, 6.45) is 3.99. The Morgan fingerprint density at radius 1 is 1.33 bits per heavy atom. The third-order valence-electron chi connectivity index (χ3n) is 2.67. The third kappa shape index (κ3) is 2.94. The zero-order chi connectivity index (χ0) is 8.97. The first kappa shape index (κ1) is 9.72. The number of carbonyl (C=O) groups is 1. The third-order valence-corrected chi connectivity index (χ3v) is 2.67. The number of likely N-dealkylation sites (tertiary alicyclic amines) is 1. The van der Waals surface area contributed by atoms with E-state index in [4.69, 9.17) is 0 Å². The molecule has 1 saturated heterocycles. The van der Waals surface area contributed by atoms with Crippen molar-refractivity contribution >= 4 is 5.78 Å². The topological polar surface area (TPSA) is 20.3 Å². The van der Waals surface area contributed by atoms with E-state index in [-0.39, 0.29) is 5.92 Å². The number of Topliss-reactive ketones (excluding diaryl/α,β-unsaturated/α-hetero) is 1. The molecule has 1 aliphatic rings. The second-order valence-electron chi connectivity index (χ2n) is 3.87. The van der Waals surface area contributed by atoms with Gasteiger partial charge < -0.3 is 4.90 Å². The molecule has 70 valence electrons. The Morgan fingerprint density at radius 3 is 2.42 bits per heavy atom. The molecule has 1 fully saturated rings. The molecule has 0 aromatic rings. The van der Waals surface area contributed by atoms with Gasteiger partial charge in [-0.25, -0.2) is 0 Å². The smallest absolute Gasteiger partial charge is 0.133 e. The monoisotopic (exact) mass is 169 g/mol. The Bertz CT molecular complexity index is 150. The molecule has 0 saturated carbocycles. The van der Waals surface area contributed by atoms with Crippen molar-refractivity contribution in [2.24, 2.45) is 5.92 Å². The highest BCUT2D eigenvalue weighted by molar-refractivity contribution is 5.78. The number of nitrogens with zero attached hydrogens (tertiary/aromatic N) is 1. The molecule has 2 nitrogen and oxygen atoms in total. The normalized spacial score (nSPS) is 22.2. The Balaban J connectivity index is 2.24. The van der Waals surface area contributed by atoms with Crippen LogP contribution in [-0.2, 0) is 4.79 Å². The summed E-state index contributed by atoms with van der Waals surface area (Å²) in [6.45, 7) is 7.07. The second-order valence-corrected chi connectivity index (χ2v) is 3.87. The van der Waals surface area contributed by atoms with E-state index in [0.717, 1.165) is 6.54 Å². The summed E-state index contributed by atoms with van der Waals surface area (Å²) in [6, 6.07) is 0. The van der Waals surface area contributed by atoms with Crippen LogP contribution in [0.25, 0.3) is 0 Å². The molecule has 0 unspecified atom stereocenters. The molecule has 0 spiro atoms. The van der Waals surface area contributed by atoms with Crippen LogP contribution in [0.5, 0.6) is 0 Å². The Morgan fingerprint density at radius 2 is 1.92 bits per heavy atom. The van der Waals surface area contributed by atoms with Crippen molar-refractivity contribution < 1.29 is 4.79 Å². The second kappa shape index (κ2) is 4.61. The molecule has 0 radical (unpaired) electrons. The first-order chi connectivity index (χ1) is 5.70. The van der Waals surface area contributed by atoms with Crippen LogP contribution in [0, 0.1) is 5.92 Å². The van der Waals surface area contributed by atoms with Crippen molar-refractivity contribution in [1.82, 2.24) is 4.90 Å². The highest BCUT2D eigenvalue weighted by atomic mass is 16.1. The molecule has 0 N–H and O–H groups in total. The lowest BCUT2D eigenvalue weighted by molar-refractivity contribution is -0.120. The summed E-state index contributed by atoms with van der Waals surface area (Å²) >= 11 is 0.